The predicted octanol–water partition coefficient (Wildman–Crippen LogP) is 7.00. The first-order valence-corrected chi connectivity index (χ1v) is 20.8. The van der Waals surface area contributed by atoms with Crippen LogP contribution in [0.4, 0.5) is 4.39 Å². The highest BCUT2D eigenvalue weighted by molar-refractivity contribution is 5.93. The number of aliphatic hydroxyl groups is 2. The Morgan fingerprint density at radius 3 is 1.62 bits per heavy atom. The van der Waals surface area contributed by atoms with Gasteiger partial charge in [0.25, 0.3) is 5.56 Å². The van der Waals surface area contributed by atoms with Gasteiger partial charge in [-0.3, -0.25) is 33.5 Å². The van der Waals surface area contributed by atoms with Gasteiger partial charge in [-0.1, -0.05) is 142 Å². The normalized spacial score (nSPS) is 19.9. The fourth-order valence-electron chi connectivity index (χ4n) is 7.47. The van der Waals surface area contributed by atoms with Crippen molar-refractivity contribution in [3.05, 3.63) is 32.9 Å². The van der Waals surface area contributed by atoms with E-state index < -0.39 is 95.7 Å². The Hall–Kier alpha value is -3.23. The number of aliphatic hydroxyl groups excluding tert-OH is 1. The number of ketones is 2. The Kier molecular flexibility index (Phi) is 22.5. The van der Waals surface area contributed by atoms with E-state index in [1.54, 1.807) is 4.98 Å². The molecule has 1 aromatic heterocycles. The van der Waals surface area contributed by atoms with Gasteiger partial charge in [0.1, 0.15) is 18.4 Å². The third-order valence-electron chi connectivity index (χ3n) is 11.0. The fraction of sp³-hybridized carbons (Fsp3) is 0.805. The number of aromatic nitrogens is 2. The summed E-state index contributed by atoms with van der Waals surface area (Å²) in [7, 11) is 0. The molecule has 2 heterocycles. The third kappa shape index (κ3) is 16.4. The van der Waals surface area contributed by atoms with Crippen molar-refractivity contribution in [2.45, 2.75) is 198 Å². The molecule has 1 saturated heterocycles. The molecule has 5 N–H and O–H groups in total. The first kappa shape index (κ1) is 47.9. The highest BCUT2D eigenvalue weighted by atomic mass is 19.1. The summed E-state index contributed by atoms with van der Waals surface area (Å²) < 4.78 is 20.5. The predicted molar refractivity (Wildman–Crippen MR) is 205 cm³/mol. The molecule has 1 aromatic rings. The molecule has 2 rings (SSSR count). The number of nitrogens with zero attached hydrogens (tertiary/aromatic N) is 1. The molecule has 13 nitrogen and oxygen atoms in total. The van der Waals surface area contributed by atoms with Crippen molar-refractivity contribution in [1.29, 1.82) is 0 Å². The second kappa shape index (κ2) is 25.8. The molecule has 0 spiro atoms. The Labute approximate surface area is 324 Å². The molecule has 0 radical (unpaired) electrons. The standard InChI is InChI=1S/C41H67FN2O11/c1-3-5-7-9-11-13-15-17-19-21-23-29(38(49)50)25-32(45)35(47)36-41(54,27-34(55-36)44-28-31(42)37(48)43-40(44)53)33(46)26-30(39(51)52)24-22-20-18-16-14-12-10-8-6-4-2/h28-30,34-36,47,54H,3-27H2,1-2H3,(H,49,50)(H,51,52)(H,43,48,53)/t29?,30?,34-,35?,36-,41-/m1/s1. The molecule has 0 amide bonds. The number of hydrogen-bond donors (Lipinski definition) is 5. The highest BCUT2D eigenvalue weighted by Crippen LogP contribution is 2.41. The van der Waals surface area contributed by atoms with Gasteiger partial charge in [0.15, 0.2) is 17.2 Å². The van der Waals surface area contributed by atoms with E-state index in [0.717, 1.165) is 64.2 Å². The maximum absolute atomic E-state index is 14.2. The minimum absolute atomic E-state index is 0.133. The number of aromatic amines is 1. The van der Waals surface area contributed by atoms with E-state index >= 15 is 0 Å². The number of nitrogens with one attached hydrogen (secondary N) is 1. The Bertz CT molecular complexity index is 1450. The molecule has 14 heteroatoms. The molecule has 0 aromatic carbocycles. The van der Waals surface area contributed by atoms with E-state index in [2.05, 4.69) is 13.8 Å². The van der Waals surface area contributed by atoms with Gasteiger partial charge in [-0.15, -0.1) is 0 Å². The highest BCUT2D eigenvalue weighted by Gasteiger charge is 2.57. The average Bonchev–Trinajstić information content (AvgIpc) is 3.50. The van der Waals surface area contributed by atoms with E-state index in [1.165, 1.54) is 51.4 Å². The third-order valence-corrected chi connectivity index (χ3v) is 11.0. The molecule has 55 heavy (non-hydrogen) atoms. The van der Waals surface area contributed by atoms with Crippen molar-refractivity contribution >= 4 is 23.5 Å². The average molecular weight is 783 g/mol. The van der Waals surface area contributed by atoms with Gasteiger partial charge in [-0.05, 0) is 12.8 Å². The lowest BCUT2D eigenvalue weighted by atomic mass is 9.80. The summed E-state index contributed by atoms with van der Waals surface area (Å²) in [5, 5.41) is 42.9. The maximum atomic E-state index is 14.2. The van der Waals surface area contributed by atoms with E-state index in [1.807, 2.05) is 0 Å². The van der Waals surface area contributed by atoms with Crippen molar-refractivity contribution < 1.29 is 48.7 Å². The van der Waals surface area contributed by atoms with Gasteiger partial charge in [-0.25, -0.2) is 4.79 Å². The van der Waals surface area contributed by atoms with Crippen LogP contribution >= 0.6 is 0 Å². The van der Waals surface area contributed by atoms with E-state index in [9.17, 15) is 53.6 Å². The molecule has 0 aliphatic carbocycles. The number of halogens is 1. The summed E-state index contributed by atoms with van der Waals surface area (Å²) >= 11 is 0. The van der Waals surface area contributed by atoms with Gasteiger partial charge < -0.3 is 25.2 Å². The minimum atomic E-state index is -2.72. The summed E-state index contributed by atoms with van der Waals surface area (Å²) in [5.41, 5.74) is -5.19. The Morgan fingerprint density at radius 1 is 0.764 bits per heavy atom. The molecule has 1 aliphatic heterocycles. The number of hydrogen-bond acceptors (Lipinski definition) is 9. The quantitative estimate of drug-likeness (QED) is 0.0470. The van der Waals surface area contributed by atoms with Crippen LogP contribution in [0.3, 0.4) is 0 Å². The van der Waals surface area contributed by atoms with E-state index in [-0.39, 0.29) is 12.8 Å². The van der Waals surface area contributed by atoms with Crippen LogP contribution in [-0.4, -0.2) is 71.3 Å². The van der Waals surface area contributed by atoms with Crippen LogP contribution in [0.1, 0.15) is 181 Å². The van der Waals surface area contributed by atoms with Crippen molar-refractivity contribution in [2.24, 2.45) is 11.8 Å². The number of Topliss-reactive ketones (excluding diaryl/α,β-unsaturated/α-hetero) is 2. The zero-order valence-corrected chi connectivity index (χ0v) is 33.1. The molecule has 1 aliphatic rings. The fourth-order valence-corrected chi connectivity index (χ4v) is 7.47. The summed E-state index contributed by atoms with van der Waals surface area (Å²) in [4.78, 5) is 77.5. The van der Waals surface area contributed by atoms with E-state index in [4.69, 9.17) is 4.74 Å². The number of carboxylic acid groups (broad SMARTS) is 2. The van der Waals surface area contributed by atoms with Crippen molar-refractivity contribution in [2.75, 3.05) is 0 Å². The summed E-state index contributed by atoms with van der Waals surface area (Å²) in [5.74, 6) is -8.36. The zero-order chi connectivity index (χ0) is 40.8. The molecular weight excluding hydrogens is 715 g/mol. The summed E-state index contributed by atoms with van der Waals surface area (Å²) in [6.45, 7) is 4.33. The second-order valence-electron chi connectivity index (χ2n) is 15.5. The number of ether oxygens (including phenoxy) is 1. The first-order chi connectivity index (χ1) is 26.3. The summed E-state index contributed by atoms with van der Waals surface area (Å²) in [6, 6.07) is 0. The number of rotatable bonds is 32. The van der Waals surface area contributed by atoms with Gasteiger partial charge in [0, 0.05) is 19.3 Å². The summed E-state index contributed by atoms with van der Waals surface area (Å²) in [6.07, 6.45) is 13.4. The molecule has 6 atom stereocenters. The lowest BCUT2D eigenvalue weighted by molar-refractivity contribution is -0.164. The van der Waals surface area contributed by atoms with Crippen LogP contribution in [-0.2, 0) is 23.9 Å². The Balaban J connectivity index is 2.11. The van der Waals surface area contributed by atoms with Crippen LogP contribution in [0.25, 0.3) is 0 Å². The molecule has 1 fully saturated rings. The van der Waals surface area contributed by atoms with Crippen molar-refractivity contribution in [3.63, 3.8) is 0 Å². The monoisotopic (exact) mass is 782 g/mol. The zero-order valence-electron chi connectivity index (χ0n) is 33.1. The molecule has 0 bridgehead atoms. The van der Waals surface area contributed by atoms with Crippen LogP contribution in [0.5, 0.6) is 0 Å². The second-order valence-corrected chi connectivity index (χ2v) is 15.5. The lowest BCUT2D eigenvalue weighted by Crippen LogP contribution is -2.54. The Morgan fingerprint density at radius 2 is 1.18 bits per heavy atom. The van der Waals surface area contributed by atoms with Crippen LogP contribution in [0, 0.1) is 17.7 Å². The number of carbonyl (C=O) groups is 4. The molecule has 0 saturated carbocycles. The van der Waals surface area contributed by atoms with Crippen LogP contribution in [0.2, 0.25) is 0 Å². The van der Waals surface area contributed by atoms with Crippen molar-refractivity contribution in [1.82, 2.24) is 9.55 Å². The van der Waals surface area contributed by atoms with Crippen LogP contribution < -0.4 is 11.2 Å². The van der Waals surface area contributed by atoms with Crippen molar-refractivity contribution in [3.8, 4) is 0 Å². The largest absolute Gasteiger partial charge is 0.481 e. The minimum Gasteiger partial charge on any atom is -0.481 e. The van der Waals surface area contributed by atoms with Crippen LogP contribution in [0.15, 0.2) is 15.8 Å². The molecule has 3 unspecified atom stereocenters. The van der Waals surface area contributed by atoms with Gasteiger partial charge >= 0.3 is 17.6 Å². The van der Waals surface area contributed by atoms with Gasteiger partial charge in [0.05, 0.1) is 18.0 Å². The smallest absolute Gasteiger partial charge is 0.330 e. The van der Waals surface area contributed by atoms with E-state index in [0.29, 0.717) is 23.6 Å². The number of carbonyl (C=O) groups excluding carboxylic acids is 2. The molecular formula is C41H67FN2O11. The number of aliphatic carboxylic acids is 2. The topological polar surface area (TPSA) is 213 Å². The molecule has 314 valence electrons. The number of carboxylic acids is 2. The van der Waals surface area contributed by atoms with Gasteiger partial charge in [0.2, 0.25) is 5.82 Å². The van der Waals surface area contributed by atoms with Gasteiger partial charge in [-0.2, -0.15) is 4.39 Å². The number of H-pyrrole nitrogens is 1. The number of unbranched alkanes of at least 4 members (excludes halogenated alkanes) is 18. The maximum Gasteiger partial charge on any atom is 0.330 e. The lowest BCUT2D eigenvalue weighted by Gasteiger charge is -2.30. The SMILES string of the molecule is CCCCCCCCCCCCC(CC(=O)C(O)[C@H]1O[C@@H](n2cc(F)c(=O)[nH]c2=O)C[C@@]1(O)C(=O)CC(CCCCCCCCCCCC)C(=O)O)C(=O)O. The first-order valence-electron chi connectivity index (χ1n) is 20.8.